The molecule has 0 saturated carbocycles. The van der Waals surface area contributed by atoms with Gasteiger partial charge in [0, 0.05) is 19.1 Å². The van der Waals surface area contributed by atoms with Gasteiger partial charge in [-0.05, 0) is 19.3 Å². The van der Waals surface area contributed by atoms with Crippen molar-refractivity contribution in [2.45, 2.75) is 148 Å². The molecule has 0 spiro atoms. The minimum absolute atomic E-state index is 0.0677. The van der Waals surface area contributed by atoms with Gasteiger partial charge in [0.05, 0.1) is 12.2 Å². The van der Waals surface area contributed by atoms with Gasteiger partial charge in [-0.2, -0.15) is 0 Å². The van der Waals surface area contributed by atoms with Crippen LogP contribution in [0.25, 0.3) is 0 Å². The molecule has 1 aromatic heterocycles. The summed E-state index contributed by atoms with van der Waals surface area (Å²) in [5, 5.41) is 0. The summed E-state index contributed by atoms with van der Waals surface area (Å²) in [6, 6.07) is 5.70. The van der Waals surface area contributed by atoms with E-state index in [0.29, 0.717) is 0 Å². The van der Waals surface area contributed by atoms with E-state index in [-0.39, 0.29) is 31.3 Å². The van der Waals surface area contributed by atoms with Crippen molar-refractivity contribution in [3.63, 3.8) is 0 Å². The van der Waals surface area contributed by atoms with Gasteiger partial charge in [0.15, 0.2) is 6.20 Å². The highest BCUT2D eigenvalue weighted by atomic mass is 16.6. The van der Waals surface area contributed by atoms with Crippen molar-refractivity contribution in [1.82, 2.24) is 4.90 Å². The Hall–Kier alpha value is -1.95. The fourth-order valence-corrected chi connectivity index (χ4v) is 5.29. The minimum Gasteiger partial charge on any atom is -0.446 e. The molecule has 1 fully saturated rings. The molecule has 2 rings (SSSR count). The Morgan fingerprint density at radius 3 is 1.97 bits per heavy atom. The standard InChI is InChI=1S/C32H55N2O4/c1-4-5-6-7-8-9-10-11-12-13-14-15-16-17-18-22-30-23-24-31(38-30)27-37-32(36)34(28(2)35)26-29-21-19-20-25-33(29)3/h19-21,25,30-31H,4-18,22-24,26-27H2,1-3H3/q+1. The Labute approximate surface area is 232 Å². The maximum absolute atomic E-state index is 12.6. The fourth-order valence-electron chi connectivity index (χ4n) is 5.29. The molecule has 6 nitrogen and oxygen atoms in total. The second kappa shape index (κ2) is 20.0. The third-order valence-electron chi connectivity index (χ3n) is 7.80. The number of amides is 2. The lowest BCUT2D eigenvalue weighted by atomic mass is 10.0. The van der Waals surface area contributed by atoms with E-state index in [1.54, 1.807) is 0 Å². The smallest absolute Gasteiger partial charge is 0.417 e. The van der Waals surface area contributed by atoms with Crippen LogP contribution in [0.1, 0.15) is 135 Å². The minimum atomic E-state index is -0.601. The number of aryl methyl sites for hydroxylation is 1. The summed E-state index contributed by atoms with van der Waals surface area (Å²) >= 11 is 0. The number of unbranched alkanes of at least 4 members (excludes halogenated alkanes) is 14. The molecule has 0 N–H and O–H groups in total. The largest absolute Gasteiger partial charge is 0.446 e. The molecule has 2 atom stereocenters. The molecular weight excluding hydrogens is 476 g/mol. The molecule has 38 heavy (non-hydrogen) atoms. The first-order chi connectivity index (χ1) is 18.5. The maximum Gasteiger partial charge on any atom is 0.417 e. The van der Waals surface area contributed by atoms with Gasteiger partial charge in [-0.15, -0.1) is 0 Å². The van der Waals surface area contributed by atoms with Crippen molar-refractivity contribution in [2.24, 2.45) is 7.05 Å². The molecule has 1 aliphatic rings. The van der Waals surface area contributed by atoms with Crippen molar-refractivity contribution < 1.29 is 23.6 Å². The highest BCUT2D eigenvalue weighted by molar-refractivity contribution is 5.90. The second-order valence-electron chi connectivity index (χ2n) is 11.2. The van der Waals surface area contributed by atoms with Gasteiger partial charge in [0.1, 0.15) is 20.2 Å². The van der Waals surface area contributed by atoms with Crippen LogP contribution in [0.15, 0.2) is 24.4 Å². The van der Waals surface area contributed by atoms with Gasteiger partial charge in [0.2, 0.25) is 11.6 Å². The molecule has 0 radical (unpaired) electrons. The van der Waals surface area contributed by atoms with Crippen LogP contribution in [0.3, 0.4) is 0 Å². The first-order valence-electron chi connectivity index (χ1n) is 15.5. The number of ether oxygens (including phenoxy) is 2. The van der Waals surface area contributed by atoms with Crippen LogP contribution in [0.2, 0.25) is 0 Å². The van der Waals surface area contributed by atoms with E-state index in [1.165, 1.54) is 103 Å². The highest BCUT2D eigenvalue weighted by Gasteiger charge is 2.28. The third kappa shape index (κ3) is 13.7. The molecule has 0 aromatic carbocycles. The van der Waals surface area contributed by atoms with E-state index in [9.17, 15) is 9.59 Å². The Bertz CT molecular complexity index is 784. The fraction of sp³-hybridized carbons (Fsp3) is 0.781. The van der Waals surface area contributed by atoms with Crippen LogP contribution < -0.4 is 4.57 Å². The predicted molar refractivity (Wildman–Crippen MR) is 153 cm³/mol. The lowest BCUT2D eigenvalue weighted by molar-refractivity contribution is -0.679. The van der Waals surface area contributed by atoms with Crippen molar-refractivity contribution in [2.75, 3.05) is 6.61 Å². The Kier molecular flexibility index (Phi) is 17.0. The van der Waals surface area contributed by atoms with E-state index in [1.807, 2.05) is 36.0 Å². The van der Waals surface area contributed by atoms with Crippen molar-refractivity contribution in [1.29, 1.82) is 0 Å². The normalized spacial score (nSPS) is 17.0. The summed E-state index contributed by atoms with van der Waals surface area (Å²) in [5.74, 6) is -0.322. The summed E-state index contributed by atoms with van der Waals surface area (Å²) in [6.45, 7) is 4.07. The molecule has 1 aliphatic heterocycles. The van der Waals surface area contributed by atoms with Gasteiger partial charge in [-0.25, -0.2) is 14.3 Å². The number of rotatable bonds is 20. The zero-order valence-electron chi connectivity index (χ0n) is 24.6. The third-order valence-corrected chi connectivity index (χ3v) is 7.80. The molecule has 1 aromatic rings. The van der Waals surface area contributed by atoms with E-state index < -0.39 is 6.09 Å². The SMILES string of the molecule is CCCCCCCCCCCCCCCCCC1CCC(COC(=O)N(Cc2cccc[n+]2C)C(C)=O)O1. The Morgan fingerprint density at radius 2 is 1.42 bits per heavy atom. The van der Waals surface area contributed by atoms with Gasteiger partial charge in [0.25, 0.3) is 0 Å². The average molecular weight is 532 g/mol. The number of pyridine rings is 1. The highest BCUT2D eigenvalue weighted by Crippen LogP contribution is 2.25. The molecule has 0 aliphatic carbocycles. The molecular formula is C32H55N2O4+. The summed E-state index contributed by atoms with van der Waals surface area (Å²) in [4.78, 5) is 25.8. The Morgan fingerprint density at radius 1 is 0.868 bits per heavy atom. The summed E-state index contributed by atoms with van der Waals surface area (Å²) in [7, 11) is 1.89. The summed E-state index contributed by atoms with van der Waals surface area (Å²) in [5.41, 5.74) is 0.861. The van der Waals surface area contributed by atoms with Gasteiger partial charge >= 0.3 is 6.09 Å². The molecule has 6 heteroatoms. The summed E-state index contributed by atoms with van der Waals surface area (Å²) in [6.07, 6.45) is 25.2. The lowest BCUT2D eigenvalue weighted by Gasteiger charge is -2.19. The quantitative estimate of drug-likeness (QED) is 0.127. The number of aromatic nitrogens is 1. The lowest BCUT2D eigenvalue weighted by Crippen LogP contribution is -2.42. The van der Waals surface area contributed by atoms with Gasteiger partial charge in [-0.1, -0.05) is 109 Å². The monoisotopic (exact) mass is 531 g/mol. The number of carbonyl (C=O) groups excluding carboxylic acids is 2. The van der Waals surface area contributed by atoms with Crippen LogP contribution in [0.5, 0.6) is 0 Å². The molecule has 1 saturated heterocycles. The van der Waals surface area contributed by atoms with E-state index >= 15 is 0 Å². The first kappa shape index (κ1) is 32.3. The van der Waals surface area contributed by atoms with E-state index in [2.05, 4.69) is 6.92 Å². The van der Waals surface area contributed by atoms with Crippen molar-refractivity contribution in [3.05, 3.63) is 30.1 Å². The number of carbonyl (C=O) groups is 2. The Balaban J connectivity index is 1.46. The van der Waals surface area contributed by atoms with Crippen LogP contribution in [-0.2, 0) is 27.9 Å². The van der Waals surface area contributed by atoms with E-state index in [4.69, 9.17) is 9.47 Å². The predicted octanol–water partition coefficient (Wildman–Crippen LogP) is 7.81. The second-order valence-corrected chi connectivity index (χ2v) is 11.2. The zero-order chi connectivity index (χ0) is 27.4. The van der Waals surface area contributed by atoms with Crippen molar-refractivity contribution in [3.8, 4) is 0 Å². The molecule has 2 heterocycles. The maximum atomic E-state index is 12.6. The number of imide groups is 1. The molecule has 2 amide bonds. The van der Waals surface area contributed by atoms with Gasteiger partial charge < -0.3 is 9.47 Å². The van der Waals surface area contributed by atoms with Crippen molar-refractivity contribution >= 4 is 12.0 Å². The average Bonchev–Trinajstić information content (AvgIpc) is 3.36. The molecule has 2 unspecified atom stereocenters. The van der Waals surface area contributed by atoms with E-state index in [0.717, 1.165) is 29.9 Å². The topological polar surface area (TPSA) is 59.7 Å². The first-order valence-corrected chi connectivity index (χ1v) is 15.5. The molecule has 216 valence electrons. The van der Waals surface area contributed by atoms with Crippen LogP contribution in [-0.4, -0.2) is 35.7 Å². The number of hydrogen-bond donors (Lipinski definition) is 0. The zero-order valence-corrected chi connectivity index (χ0v) is 24.6. The van der Waals surface area contributed by atoms with Gasteiger partial charge in [-0.3, -0.25) is 4.79 Å². The number of hydrogen-bond acceptors (Lipinski definition) is 4. The van der Waals surface area contributed by atoms with Crippen LogP contribution in [0.4, 0.5) is 4.79 Å². The summed E-state index contributed by atoms with van der Waals surface area (Å²) < 4.78 is 13.5. The van der Waals surface area contributed by atoms with Crippen LogP contribution >= 0.6 is 0 Å². The van der Waals surface area contributed by atoms with Crippen LogP contribution in [0, 0.1) is 0 Å². The molecule has 0 bridgehead atoms. The number of nitrogens with zero attached hydrogens (tertiary/aromatic N) is 2.